The molecule has 0 saturated carbocycles. The normalized spacial score (nSPS) is 13.2. The van der Waals surface area contributed by atoms with Crippen LogP contribution in [0.5, 0.6) is 0 Å². The van der Waals surface area contributed by atoms with Crippen LogP contribution in [-0.2, 0) is 16.0 Å². The number of halogens is 1. The molecule has 6 heteroatoms. The Morgan fingerprint density at radius 3 is 2.20 bits per heavy atom. The third-order valence-electron chi connectivity index (χ3n) is 5.25. The second-order valence-corrected chi connectivity index (χ2v) is 7.61. The van der Waals surface area contributed by atoms with Crippen LogP contribution < -0.4 is 10.4 Å². The lowest BCUT2D eigenvalue weighted by Gasteiger charge is -2.21. The van der Waals surface area contributed by atoms with Gasteiger partial charge >= 0.3 is 6.09 Å². The maximum atomic E-state index is 12.3. The Balaban J connectivity index is 1.43. The Labute approximate surface area is 179 Å². The summed E-state index contributed by atoms with van der Waals surface area (Å²) in [6, 6.07) is 21.6. The molecule has 1 aliphatic carbocycles. The highest BCUT2D eigenvalue weighted by atomic mass is 35.5. The highest BCUT2D eigenvalue weighted by Crippen LogP contribution is 2.44. The molecule has 0 unspecified atom stereocenters. The number of hydrogen-bond acceptors (Lipinski definition) is 4. The fourth-order valence-electron chi connectivity index (χ4n) is 3.88. The molecule has 1 amide bonds. The molecule has 4 rings (SSSR count). The van der Waals surface area contributed by atoms with Crippen molar-refractivity contribution in [3.05, 3.63) is 94.5 Å². The van der Waals surface area contributed by atoms with E-state index in [0.29, 0.717) is 10.6 Å². The van der Waals surface area contributed by atoms with Crippen LogP contribution in [0.4, 0.5) is 4.79 Å². The van der Waals surface area contributed by atoms with E-state index in [1.807, 2.05) is 48.5 Å². The number of benzene rings is 3. The molecule has 0 fully saturated rings. The zero-order chi connectivity index (χ0) is 21.1. The minimum absolute atomic E-state index is 0.0487. The van der Waals surface area contributed by atoms with Crippen LogP contribution in [0.25, 0.3) is 11.1 Å². The summed E-state index contributed by atoms with van der Waals surface area (Å²) in [7, 11) is 0. The van der Waals surface area contributed by atoms with Crippen LogP contribution in [0.15, 0.2) is 72.8 Å². The van der Waals surface area contributed by atoms with E-state index in [1.165, 1.54) is 0 Å². The Morgan fingerprint density at radius 2 is 1.60 bits per heavy atom. The molecular formula is C24H19ClNO4-. The van der Waals surface area contributed by atoms with Crippen molar-refractivity contribution in [2.24, 2.45) is 0 Å². The summed E-state index contributed by atoms with van der Waals surface area (Å²) in [5.41, 5.74) is 5.09. The summed E-state index contributed by atoms with van der Waals surface area (Å²) in [5.74, 6) is -1.49. The number of carbonyl (C=O) groups is 2. The first kappa shape index (κ1) is 20.0. The first-order chi connectivity index (χ1) is 14.5. The molecule has 1 aliphatic rings. The second kappa shape index (κ2) is 8.59. The van der Waals surface area contributed by atoms with Gasteiger partial charge in [0.05, 0.1) is 12.0 Å². The topological polar surface area (TPSA) is 78.5 Å². The van der Waals surface area contributed by atoms with Gasteiger partial charge in [-0.1, -0.05) is 72.3 Å². The summed E-state index contributed by atoms with van der Waals surface area (Å²) >= 11 is 5.94. The molecule has 30 heavy (non-hydrogen) atoms. The van der Waals surface area contributed by atoms with E-state index in [-0.39, 0.29) is 18.9 Å². The van der Waals surface area contributed by atoms with Crippen molar-refractivity contribution in [1.82, 2.24) is 5.32 Å². The minimum atomic E-state index is -1.39. The number of hydrogen-bond donors (Lipinski definition) is 1. The molecule has 0 aromatic heterocycles. The Morgan fingerprint density at radius 1 is 0.967 bits per heavy atom. The number of ether oxygens (including phenoxy) is 1. The van der Waals surface area contributed by atoms with Gasteiger partial charge in [-0.25, -0.2) is 4.79 Å². The van der Waals surface area contributed by atoms with Crippen molar-refractivity contribution in [2.45, 2.75) is 18.4 Å². The summed E-state index contributed by atoms with van der Waals surface area (Å²) in [6.45, 7) is 0.108. The Hall–Kier alpha value is -3.31. The van der Waals surface area contributed by atoms with E-state index in [1.54, 1.807) is 24.3 Å². The summed E-state index contributed by atoms with van der Waals surface area (Å²) in [5, 5.41) is 14.4. The van der Waals surface area contributed by atoms with Gasteiger partial charge < -0.3 is 20.0 Å². The summed E-state index contributed by atoms with van der Waals surface area (Å²) in [4.78, 5) is 23.8. The van der Waals surface area contributed by atoms with Crippen LogP contribution in [-0.4, -0.2) is 24.7 Å². The number of aliphatic carboxylic acids is 1. The highest BCUT2D eigenvalue weighted by Gasteiger charge is 2.29. The van der Waals surface area contributed by atoms with E-state index in [2.05, 4.69) is 5.32 Å². The number of carbonyl (C=O) groups excluding carboxylic acids is 2. The van der Waals surface area contributed by atoms with Crippen LogP contribution >= 0.6 is 11.6 Å². The van der Waals surface area contributed by atoms with Crippen molar-refractivity contribution in [1.29, 1.82) is 0 Å². The second-order valence-electron chi connectivity index (χ2n) is 7.18. The molecule has 3 aromatic carbocycles. The average molecular weight is 421 g/mol. The highest BCUT2D eigenvalue weighted by molar-refractivity contribution is 6.30. The molecule has 5 nitrogen and oxygen atoms in total. The lowest BCUT2D eigenvalue weighted by molar-refractivity contribution is -0.308. The van der Waals surface area contributed by atoms with Crippen molar-refractivity contribution >= 4 is 23.7 Å². The fraction of sp³-hybridized carbons (Fsp3) is 0.167. The van der Waals surface area contributed by atoms with Crippen molar-refractivity contribution in [3.8, 4) is 11.1 Å². The molecule has 1 atom stereocenters. The fourth-order valence-corrected chi connectivity index (χ4v) is 4.09. The number of amides is 1. The summed E-state index contributed by atoms with van der Waals surface area (Å²) in [6.07, 6.45) is -0.749. The average Bonchev–Trinajstić information content (AvgIpc) is 3.06. The minimum Gasteiger partial charge on any atom is -0.548 e. The quantitative estimate of drug-likeness (QED) is 0.661. The molecule has 0 spiro atoms. The van der Waals surface area contributed by atoms with E-state index in [0.717, 1.165) is 22.3 Å². The smallest absolute Gasteiger partial charge is 0.407 e. The molecule has 0 bridgehead atoms. The molecule has 0 heterocycles. The number of nitrogens with one attached hydrogen (secondary N) is 1. The molecule has 3 aromatic rings. The van der Waals surface area contributed by atoms with Crippen LogP contribution in [0.2, 0.25) is 5.02 Å². The van der Waals surface area contributed by atoms with Gasteiger partial charge in [-0.15, -0.1) is 0 Å². The zero-order valence-electron chi connectivity index (χ0n) is 16.0. The van der Waals surface area contributed by atoms with Gasteiger partial charge in [0.25, 0.3) is 0 Å². The van der Waals surface area contributed by atoms with Crippen LogP contribution in [0.3, 0.4) is 0 Å². The molecule has 0 saturated heterocycles. The third-order valence-corrected chi connectivity index (χ3v) is 5.48. The number of fused-ring (bicyclic) bond motifs is 3. The SMILES string of the molecule is O=C(N[C@H](Cc1cccc(Cl)c1)C(=O)[O-])OCC1c2ccccc2-c2ccccc21. The molecule has 0 aliphatic heterocycles. The van der Waals surface area contributed by atoms with Gasteiger partial charge in [0.2, 0.25) is 0 Å². The molecule has 0 radical (unpaired) electrons. The predicted octanol–water partition coefficient (Wildman–Crippen LogP) is 3.54. The number of rotatable bonds is 6. The van der Waals surface area contributed by atoms with E-state index < -0.39 is 18.1 Å². The van der Waals surface area contributed by atoms with Gasteiger partial charge in [-0.2, -0.15) is 0 Å². The monoisotopic (exact) mass is 420 g/mol. The first-order valence-corrected chi connectivity index (χ1v) is 9.97. The van der Waals surface area contributed by atoms with Crippen LogP contribution in [0, 0.1) is 0 Å². The molecule has 152 valence electrons. The summed E-state index contributed by atoms with van der Waals surface area (Å²) < 4.78 is 5.41. The van der Waals surface area contributed by atoms with Gasteiger partial charge in [-0.05, 0) is 46.4 Å². The van der Waals surface area contributed by atoms with E-state index in [9.17, 15) is 14.7 Å². The lowest BCUT2D eigenvalue weighted by atomic mass is 9.98. The number of carboxylic acid groups (broad SMARTS) is 1. The van der Waals surface area contributed by atoms with Gasteiger partial charge in [0.1, 0.15) is 6.61 Å². The first-order valence-electron chi connectivity index (χ1n) is 9.59. The van der Waals surface area contributed by atoms with Gasteiger partial charge in [0.15, 0.2) is 0 Å². The van der Waals surface area contributed by atoms with E-state index in [4.69, 9.17) is 16.3 Å². The standard InChI is InChI=1S/C24H20ClNO4/c25-16-7-5-6-15(12-16)13-22(23(27)28)26-24(29)30-14-21-19-10-3-1-8-17(19)18-9-2-4-11-20(18)21/h1-12,21-22H,13-14H2,(H,26,29)(H,27,28)/p-1/t22-/m1/s1. The number of alkyl carbamates (subject to hydrolysis) is 1. The van der Waals surface area contributed by atoms with Crippen molar-refractivity contribution in [3.63, 3.8) is 0 Å². The third kappa shape index (κ3) is 4.16. The Bertz CT molecular complexity index is 1050. The van der Waals surface area contributed by atoms with Gasteiger partial charge in [0, 0.05) is 10.9 Å². The van der Waals surface area contributed by atoms with Crippen molar-refractivity contribution in [2.75, 3.05) is 6.61 Å². The largest absolute Gasteiger partial charge is 0.548 e. The maximum absolute atomic E-state index is 12.3. The lowest BCUT2D eigenvalue weighted by Crippen LogP contribution is -2.49. The predicted molar refractivity (Wildman–Crippen MR) is 112 cm³/mol. The molecule has 1 N–H and O–H groups in total. The Kier molecular flexibility index (Phi) is 5.72. The zero-order valence-corrected chi connectivity index (χ0v) is 16.8. The van der Waals surface area contributed by atoms with Crippen molar-refractivity contribution < 1.29 is 19.4 Å². The maximum Gasteiger partial charge on any atom is 0.407 e. The van der Waals surface area contributed by atoms with Gasteiger partial charge in [-0.3, -0.25) is 0 Å². The number of carboxylic acids is 1. The molecular weight excluding hydrogens is 402 g/mol. The van der Waals surface area contributed by atoms with E-state index >= 15 is 0 Å². The van der Waals surface area contributed by atoms with Crippen LogP contribution in [0.1, 0.15) is 22.6 Å².